The van der Waals surface area contributed by atoms with Gasteiger partial charge in [0.15, 0.2) is 0 Å². The largest absolute Gasteiger partial charge is 0.465 e. The van der Waals surface area contributed by atoms with Crippen LogP contribution < -0.4 is 5.32 Å². The molecule has 0 fully saturated rings. The van der Waals surface area contributed by atoms with Crippen LogP contribution >= 0.6 is 0 Å². The van der Waals surface area contributed by atoms with E-state index in [-0.39, 0.29) is 11.5 Å². The van der Waals surface area contributed by atoms with E-state index in [9.17, 15) is 9.59 Å². The third-order valence-electron chi connectivity index (χ3n) is 3.57. The second-order valence-electron chi connectivity index (χ2n) is 5.25. The van der Waals surface area contributed by atoms with E-state index in [0.717, 1.165) is 0 Å². The summed E-state index contributed by atoms with van der Waals surface area (Å²) in [4.78, 5) is 28.8. The molecule has 122 valence electrons. The number of nitrogens with one attached hydrogen (secondary N) is 1. The SMILES string of the molecule is COC(=O)c1ccccc1NC(=O)c1cc(C)nc2onc(C)c12. The second kappa shape index (κ2) is 6.11. The Bertz CT molecular complexity index is 946. The average molecular weight is 325 g/mol. The van der Waals surface area contributed by atoms with Gasteiger partial charge in [-0.05, 0) is 32.0 Å². The monoisotopic (exact) mass is 325 g/mol. The normalized spacial score (nSPS) is 10.6. The summed E-state index contributed by atoms with van der Waals surface area (Å²) in [5, 5.41) is 7.15. The molecule has 7 nitrogen and oxygen atoms in total. The molecule has 0 saturated heterocycles. The van der Waals surface area contributed by atoms with E-state index in [1.165, 1.54) is 7.11 Å². The van der Waals surface area contributed by atoms with Crippen molar-refractivity contribution in [3.63, 3.8) is 0 Å². The van der Waals surface area contributed by atoms with Gasteiger partial charge in [-0.3, -0.25) is 4.79 Å². The van der Waals surface area contributed by atoms with Crippen LogP contribution in [0.5, 0.6) is 0 Å². The summed E-state index contributed by atoms with van der Waals surface area (Å²) in [7, 11) is 1.29. The Morgan fingerprint density at radius 1 is 1.17 bits per heavy atom. The Morgan fingerprint density at radius 3 is 2.67 bits per heavy atom. The summed E-state index contributed by atoms with van der Waals surface area (Å²) in [5.74, 6) is -0.906. The minimum absolute atomic E-state index is 0.275. The highest BCUT2D eigenvalue weighted by Gasteiger charge is 2.20. The van der Waals surface area contributed by atoms with Crippen LogP contribution in [0.3, 0.4) is 0 Å². The molecular weight excluding hydrogens is 310 g/mol. The zero-order valence-corrected chi connectivity index (χ0v) is 13.4. The molecule has 7 heteroatoms. The molecule has 2 heterocycles. The van der Waals surface area contributed by atoms with Crippen LogP contribution in [-0.4, -0.2) is 29.1 Å². The van der Waals surface area contributed by atoms with E-state index in [2.05, 4.69) is 15.5 Å². The molecule has 0 atom stereocenters. The van der Waals surface area contributed by atoms with Gasteiger partial charge in [-0.15, -0.1) is 0 Å². The summed E-state index contributed by atoms with van der Waals surface area (Å²) in [6, 6.07) is 8.29. The maximum atomic E-state index is 12.7. The van der Waals surface area contributed by atoms with Crippen molar-refractivity contribution in [3.8, 4) is 0 Å². The quantitative estimate of drug-likeness (QED) is 0.744. The third kappa shape index (κ3) is 2.71. The van der Waals surface area contributed by atoms with Crippen molar-refractivity contribution in [2.24, 2.45) is 0 Å². The van der Waals surface area contributed by atoms with Crippen LogP contribution in [0, 0.1) is 13.8 Å². The number of benzene rings is 1. The van der Waals surface area contributed by atoms with Crippen molar-refractivity contribution >= 4 is 28.7 Å². The molecule has 0 saturated carbocycles. The predicted molar refractivity (Wildman–Crippen MR) is 87.0 cm³/mol. The smallest absolute Gasteiger partial charge is 0.339 e. The number of fused-ring (bicyclic) bond motifs is 1. The lowest BCUT2D eigenvalue weighted by molar-refractivity contribution is 0.0602. The third-order valence-corrected chi connectivity index (χ3v) is 3.57. The second-order valence-corrected chi connectivity index (χ2v) is 5.25. The van der Waals surface area contributed by atoms with E-state index in [0.29, 0.717) is 33.7 Å². The zero-order chi connectivity index (χ0) is 17.3. The van der Waals surface area contributed by atoms with Crippen molar-refractivity contribution in [2.45, 2.75) is 13.8 Å². The van der Waals surface area contributed by atoms with E-state index < -0.39 is 5.97 Å². The Kier molecular flexibility index (Phi) is 3.99. The first-order valence-electron chi connectivity index (χ1n) is 7.23. The number of carbonyl (C=O) groups is 2. The first-order chi connectivity index (χ1) is 11.5. The van der Waals surface area contributed by atoms with Gasteiger partial charge in [-0.2, -0.15) is 0 Å². The lowest BCUT2D eigenvalue weighted by Gasteiger charge is -2.10. The Morgan fingerprint density at radius 2 is 1.92 bits per heavy atom. The summed E-state index contributed by atoms with van der Waals surface area (Å²) >= 11 is 0. The molecular formula is C17H15N3O4. The molecule has 0 unspecified atom stereocenters. The molecule has 24 heavy (non-hydrogen) atoms. The number of amides is 1. The average Bonchev–Trinajstić information content (AvgIpc) is 2.94. The zero-order valence-electron chi connectivity index (χ0n) is 13.4. The fourth-order valence-corrected chi connectivity index (χ4v) is 2.47. The van der Waals surface area contributed by atoms with Gasteiger partial charge in [-0.1, -0.05) is 17.3 Å². The Hall–Kier alpha value is -3.22. The molecule has 0 radical (unpaired) electrons. The highest BCUT2D eigenvalue weighted by atomic mass is 16.5. The number of para-hydroxylation sites is 1. The number of ether oxygens (including phenoxy) is 1. The maximum Gasteiger partial charge on any atom is 0.339 e. The summed E-state index contributed by atoms with van der Waals surface area (Å²) < 4.78 is 9.87. The number of hydrogen-bond acceptors (Lipinski definition) is 6. The molecule has 0 aliphatic rings. The molecule has 3 rings (SSSR count). The number of rotatable bonds is 3. The van der Waals surface area contributed by atoms with Gasteiger partial charge in [0, 0.05) is 5.69 Å². The fraction of sp³-hybridized carbons (Fsp3) is 0.176. The number of methoxy groups -OCH3 is 1. The molecule has 3 aromatic rings. The van der Waals surface area contributed by atoms with Gasteiger partial charge in [0.2, 0.25) is 0 Å². The van der Waals surface area contributed by atoms with E-state index in [1.807, 2.05) is 0 Å². The van der Waals surface area contributed by atoms with Crippen LogP contribution in [0.25, 0.3) is 11.1 Å². The van der Waals surface area contributed by atoms with E-state index in [1.54, 1.807) is 44.2 Å². The van der Waals surface area contributed by atoms with Gasteiger partial charge in [-0.25, -0.2) is 9.78 Å². The van der Waals surface area contributed by atoms with E-state index in [4.69, 9.17) is 9.26 Å². The van der Waals surface area contributed by atoms with Crippen LogP contribution in [-0.2, 0) is 4.74 Å². The molecule has 0 aliphatic carbocycles. The molecule has 0 aliphatic heterocycles. The lowest BCUT2D eigenvalue weighted by atomic mass is 10.1. The van der Waals surface area contributed by atoms with Crippen molar-refractivity contribution < 1.29 is 18.8 Å². The van der Waals surface area contributed by atoms with Gasteiger partial charge in [0.25, 0.3) is 11.6 Å². The Balaban J connectivity index is 2.03. The summed E-state index contributed by atoms with van der Waals surface area (Å²) in [6.45, 7) is 3.50. The van der Waals surface area contributed by atoms with Crippen LogP contribution in [0.4, 0.5) is 5.69 Å². The van der Waals surface area contributed by atoms with Crippen molar-refractivity contribution in [1.29, 1.82) is 0 Å². The summed E-state index contributed by atoms with van der Waals surface area (Å²) in [5.41, 5.74) is 2.53. The van der Waals surface area contributed by atoms with Crippen molar-refractivity contribution in [3.05, 3.63) is 52.8 Å². The highest BCUT2D eigenvalue weighted by molar-refractivity contribution is 6.14. The number of anilines is 1. The number of nitrogens with zero attached hydrogens (tertiary/aromatic N) is 2. The van der Waals surface area contributed by atoms with Gasteiger partial charge < -0.3 is 14.6 Å². The number of aromatic nitrogens is 2. The standard InChI is InChI=1S/C17H15N3O4/c1-9-8-12(14-10(2)20-24-16(14)18-9)15(21)19-13-7-5-4-6-11(13)17(22)23-3/h4-8H,1-3H3,(H,19,21). The minimum atomic E-state index is -0.525. The molecule has 1 N–H and O–H groups in total. The molecule has 1 aromatic carbocycles. The van der Waals surface area contributed by atoms with Gasteiger partial charge in [0.05, 0.1) is 35.0 Å². The topological polar surface area (TPSA) is 94.3 Å². The summed E-state index contributed by atoms with van der Waals surface area (Å²) in [6.07, 6.45) is 0. The molecule has 0 spiro atoms. The number of aryl methyl sites for hydroxylation is 2. The molecule has 1 amide bonds. The first-order valence-corrected chi connectivity index (χ1v) is 7.23. The van der Waals surface area contributed by atoms with Gasteiger partial charge in [0.1, 0.15) is 0 Å². The number of carbonyl (C=O) groups excluding carboxylic acids is 2. The van der Waals surface area contributed by atoms with Gasteiger partial charge >= 0.3 is 5.97 Å². The fourth-order valence-electron chi connectivity index (χ4n) is 2.47. The highest BCUT2D eigenvalue weighted by Crippen LogP contribution is 2.24. The Labute approximate surface area is 137 Å². The van der Waals surface area contributed by atoms with Crippen LogP contribution in [0.15, 0.2) is 34.9 Å². The number of pyridine rings is 1. The first kappa shape index (κ1) is 15.7. The molecule has 0 bridgehead atoms. The minimum Gasteiger partial charge on any atom is -0.465 e. The predicted octanol–water partition coefficient (Wildman–Crippen LogP) is 2.88. The van der Waals surface area contributed by atoms with Crippen LogP contribution in [0.1, 0.15) is 32.1 Å². The molecule has 2 aromatic heterocycles. The van der Waals surface area contributed by atoms with Crippen molar-refractivity contribution in [1.82, 2.24) is 10.1 Å². The van der Waals surface area contributed by atoms with Crippen LogP contribution in [0.2, 0.25) is 0 Å². The number of esters is 1. The van der Waals surface area contributed by atoms with E-state index >= 15 is 0 Å². The van der Waals surface area contributed by atoms with Crippen molar-refractivity contribution in [2.75, 3.05) is 12.4 Å². The maximum absolute atomic E-state index is 12.7. The lowest BCUT2D eigenvalue weighted by Crippen LogP contribution is -2.16. The number of hydrogen-bond donors (Lipinski definition) is 1.